The van der Waals surface area contributed by atoms with Gasteiger partial charge < -0.3 is 0 Å². The molecule has 0 bridgehead atoms. The van der Waals surface area contributed by atoms with Gasteiger partial charge in [-0.05, 0) is 54.7 Å². The van der Waals surface area contributed by atoms with Crippen molar-refractivity contribution in [3.8, 4) is 0 Å². The Balaban J connectivity index is 1.68. The number of hydrogen-bond acceptors (Lipinski definition) is 4. The molecule has 108 valence electrons. The highest BCUT2D eigenvalue weighted by molar-refractivity contribution is 8.17. The van der Waals surface area contributed by atoms with Gasteiger partial charge in [-0.25, -0.2) is 4.99 Å². The minimum atomic E-state index is -0.153. The lowest BCUT2D eigenvalue weighted by Gasteiger charge is -2.17. The molecule has 1 amide bonds. The Morgan fingerprint density at radius 1 is 1.24 bits per heavy atom. The number of aliphatic imine (C=N–C) groups is 2. The number of carbonyl (C=O) groups is 1. The van der Waals surface area contributed by atoms with Crippen molar-refractivity contribution in [2.24, 2.45) is 15.9 Å². The number of allylic oxidation sites excluding steroid dienone is 1. The number of amidine groups is 1. The Morgan fingerprint density at radius 2 is 2.10 bits per heavy atom. The van der Waals surface area contributed by atoms with E-state index in [1.165, 1.54) is 28.2 Å². The summed E-state index contributed by atoms with van der Waals surface area (Å²) in [5.41, 5.74) is 1.30. The Hall–Kier alpha value is -1.20. The summed E-state index contributed by atoms with van der Waals surface area (Å²) in [6, 6.07) is 4.14. The van der Waals surface area contributed by atoms with Gasteiger partial charge in [0.25, 0.3) is 5.91 Å². The molecule has 2 aliphatic heterocycles. The highest BCUT2D eigenvalue weighted by atomic mass is 32.2. The van der Waals surface area contributed by atoms with Crippen LogP contribution in [0.2, 0.25) is 0 Å². The maximum Gasteiger partial charge on any atom is 0.261 e. The first kappa shape index (κ1) is 13.5. The molecule has 0 saturated carbocycles. The van der Waals surface area contributed by atoms with E-state index >= 15 is 0 Å². The van der Waals surface area contributed by atoms with Crippen molar-refractivity contribution in [2.75, 3.05) is 0 Å². The zero-order chi connectivity index (χ0) is 14.4. The van der Waals surface area contributed by atoms with Gasteiger partial charge in [0.05, 0.1) is 9.92 Å². The van der Waals surface area contributed by atoms with Crippen molar-refractivity contribution >= 4 is 39.9 Å². The number of aryl methyl sites for hydroxylation is 1. The lowest BCUT2D eigenvalue weighted by Crippen LogP contribution is -2.25. The topological polar surface area (TPSA) is 41.8 Å². The van der Waals surface area contributed by atoms with Crippen LogP contribution in [0.4, 0.5) is 0 Å². The Morgan fingerprint density at radius 3 is 2.90 bits per heavy atom. The zero-order valence-electron chi connectivity index (χ0n) is 11.9. The molecule has 1 unspecified atom stereocenters. The summed E-state index contributed by atoms with van der Waals surface area (Å²) in [6.07, 6.45) is 5.59. The zero-order valence-corrected chi connectivity index (χ0v) is 13.5. The first-order valence-corrected chi connectivity index (χ1v) is 9.09. The van der Waals surface area contributed by atoms with Gasteiger partial charge in [-0.1, -0.05) is 18.7 Å². The number of fused-ring (bicyclic) bond motifs is 2. The van der Waals surface area contributed by atoms with Crippen LogP contribution in [0.1, 0.15) is 42.4 Å². The average molecular weight is 316 g/mol. The predicted octanol–water partition coefficient (Wildman–Crippen LogP) is 4.19. The van der Waals surface area contributed by atoms with E-state index in [0.717, 1.165) is 29.2 Å². The summed E-state index contributed by atoms with van der Waals surface area (Å²) in [5, 5.41) is 0.961. The number of amides is 1. The molecule has 0 aromatic carbocycles. The first-order chi connectivity index (χ1) is 10.3. The van der Waals surface area contributed by atoms with E-state index in [0.29, 0.717) is 5.84 Å². The van der Waals surface area contributed by atoms with E-state index in [1.807, 2.05) is 6.07 Å². The van der Waals surface area contributed by atoms with Crippen molar-refractivity contribution in [3.05, 3.63) is 32.4 Å². The van der Waals surface area contributed by atoms with Gasteiger partial charge in [0, 0.05) is 4.88 Å². The molecule has 0 N–H and O–H groups in total. The lowest BCUT2D eigenvalue weighted by molar-refractivity contribution is -0.118. The fourth-order valence-electron chi connectivity index (χ4n) is 3.10. The average Bonchev–Trinajstić information content (AvgIpc) is 3.11. The predicted molar refractivity (Wildman–Crippen MR) is 89.3 cm³/mol. The number of rotatable bonds is 2. The molecule has 0 saturated heterocycles. The van der Waals surface area contributed by atoms with Crippen LogP contribution >= 0.6 is 23.1 Å². The molecule has 0 radical (unpaired) electrons. The number of hydrogen-bond donors (Lipinski definition) is 0. The number of carbonyl (C=O) groups excluding carboxylic acids is 1. The minimum Gasteiger partial charge on any atom is -0.271 e. The van der Waals surface area contributed by atoms with E-state index < -0.39 is 0 Å². The van der Waals surface area contributed by atoms with Crippen LogP contribution in [-0.4, -0.2) is 16.8 Å². The van der Waals surface area contributed by atoms with Gasteiger partial charge in [0.15, 0.2) is 5.84 Å². The number of thiophene rings is 1. The summed E-state index contributed by atoms with van der Waals surface area (Å²) < 4.78 is 0. The molecule has 21 heavy (non-hydrogen) atoms. The fourth-order valence-corrected chi connectivity index (χ4v) is 5.32. The maximum absolute atomic E-state index is 12.5. The summed E-state index contributed by atoms with van der Waals surface area (Å²) in [4.78, 5) is 25.2. The monoisotopic (exact) mass is 316 g/mol. The fraction of sp³-hybridized carbons (Fsp3) is 0.438. The van der Waals surface area contributed by atoms with Crippen molar-refractivity contribution in [3.63, 3.8) is 0 Å². The summed E-state index contributed by atoms with van der Waals surface area (Å²) in [7, 11) is 0. The molecular weight excluding hydrogens is 300 g/mol. The summed E-state index contributed by atoms with van der Waals surface area (Å²) in [5.74, 6) is 0.448. The van der Waals surface area contributed by atoms with E-state index in [1.54, 1.807) is 23.1 Å². The van der Waals surface area contributed by atoms with Gasteiger partial charge in [-0.15, -0.1) is 11.3 Å². The quantitative estimate of drug-likeness (QED) is 0.821. The highest BCUT2D eigenvalue weighted by Crippen LogP contribution is 2.47. The summed E-state index contributed by atoms with van der Waals surface area (Å²) in [6.45, 7) is 2.14. The number of nitrogens with zero attached hydrogens (tertiary/aromatic N) is 2. The third-order valence-corrected chi connectivity index (χ3v) is 6.67. The molecule has 3 nitrogen and oxygen atoms in total. The third-order valence-electron chi connectivity index (χ3n) is 4.19. The molecular formula is C16H16N2OS2. The van der Waals surface area contributed by atoms with Crippen LogP contribution in [0.5, 0.6) is 0 Å². The van der Waals surface area contributed by atoms with Gasteiger partial charge in [0.2, 0.25) is 0 Å². The second-order valence-corrected chi connectivity index (χ2v) is 7.82. The lowest BCUT2D eigenvalue weighted by atomic mass is 9.89. The molecule has 1 aromatic heterocycles. The van der Waals surface area contributed by atoms with Gasteiger partial charge in [0.1, 0.15) is 5.92 Å². The minimum absolute atomic E-state index is 0.0131. The normalized spacial score (nSPS) is 24.6. The Kier molecular flexibility index (Phi) is 3.34. The van der Waals surface area contributed by atoms with Crippen LogP contribution in [0, 0.1) is 5.92 Å². The molecule has 1 aromatic rings. The van der Waals surface area contributed by atoms with Crippen molar-refractivity contribution < 1.29 is 4.79 Å². The Bertz CT molecular complexity index is 712. The van der Waals surface area contributed by atoms with Crippen LogP contribution < -0.4 is 0 Å². The molecule has 3 heterocycles. The molecule has 0 spiro atoms. The molecule has 1 aliphatic carbocycles. The molecule has 0 fully saturated rings. The van der Waals surface area contributed by atoms with E-state index in [2.05, 4.69) is 18.0 Å². The van der Waals surface area contributed by atoms with Gasteiger partial charge in [-0.3, -0.25) is 4.79 Å². The van der Waals surface area contributed by atoms with Crippen molar-refractivity contribution in [1.82, 2.24) is 0 Å². The van der Waals surface area contributed by atoms with E-state index in [9.17, 15) is 4.79 Å². The van der Waals surface area contributed by atoms with Gasteiger partial charge in [-0.2, -0.15) is 4.99 Å². The van der Waals surface area contributed by atoms with Crippen molar-refractivity contribution in [1.29, 1.82) is 0 Å². The largest absolute Gasteiger partial charge is 0.271 e. The standard InChI is InChI=1S/C16H16N2OS2/c1-2-9-7-8-12(20-9)14-17-15(19)13-10-5-3-4-6-11(10)21-16(13)18-14/h7-8,13H,2-6H2,1H3. The van der Waals surface area contributed by atoms with Gasteiger partial charge >= 0.3 is 0 Å². The van der Waals surface area contributed by atoms with Crippen molar-refractivity contribution in [2.45, 2.75) is 39.0 Å². The second-order valence-electron chi connectivity index (χ2n) is 5.53. The first-order valence-electron chi connectivity index (χ1n) is 7.46. The molecule has 1 atom stereocenters. The third kappa shape index (κ3) is 2.23. The molecule has 5 heteroatoms. The van der Waals surface area contributed by atoms with Crippen LogP contribution in [0.3, 0.4) is 0 Å². The Labute approximate surface area is 132 Å². The van der Waals surface area contributed by atoms with Crippen LogP contribution in [0.15, 0.2) is 32.6 Å². The second kappa shape index (κ2) is 5.21. The van der Waals surface area contributed by atoms with E-state index in [-0.39, 0.29) is 11.8 Å². The van der Waals surface area contributed by atoms with E-state index in [4.69, 9.17) is 4.99 Å². The number of thioether (sulfide) groups is 1. The summed E-state index contributed by atoms with van der Waals surface area (Å²) >= 11 is 3.41. The maximum atomic E-state index is 12.5. The molecule has 4 rings (SSSR count). The highest BCUT2D eigenvalue weighted by Gasteiger charge is 2.40. The van der Waals surface area contributed by atoms with Crippen LogP contribution in [0.25, 0.3) is 0 Å². The van der Waals surface area contributed by atoms with Crippen LogP contribution in [-0.2, 0) is 11.2 Å². The smallest absolute Gasteiger partial charge is 0.261 e. The molecule has 3 aliphatic rings. The SMILES string of the molecule is CCc1ccc(C2=NC(=O)C3C(=N2)SC2=C3CCCC2)s1.